The van der Waals surface area contributed by atoms with Gasteiger partial charge in [0.1, 0.15) is 6.17 Å². The van der Waals surface area contributed by atoms with Crippen LogP contribution in [-0.4, -0.2) is 0 Å². The Morgan fingerprint density at radius 2 is 2.38 bits per heavy atom. The predicted octanol–water partition coefficient (Wildman–Crippen LogP) is 2.31. The Balaban J connectivity index is 2.79. The van der Waals surface area contributed by atoms with Gasteiger partial charge in [0.25, 0.3) is 0 Å². The third-order valence-electron chi connectivity index (χ3n) is 0.829. The molecule has 0 amide bonds. The second-order valence-corrected chi connectivity index (χ2v) is 1.51. The molecule has 0 unspecified atom stereocenters. The fourth-order valence-electron chi connectivity index (χ4n) is 0.426. The highest BCUT2D eigenvalue weighted by molar-refractivity contribution is 4.91. The SMILES string of the molecule is CC[CH]CCC#CF. The molecule has 0 aromatic carbocycles. The van der Waals surface area contributed by atoms with Crippen LogP contribution >= 0.6 is 0 Å². The van der Waals surface area contributed by atoms with Crippen molar-refractivity contribution in [2.75, 3.05) is 0 Å². The summed E-state index contributed by atoms with van der Waals surface area (Å²) in [4.78, 5) is 0. The van der Waals surface area contributed by atoms with E-state index in [1.807, 2.05) is 0 Å². The van der Waals surface area contributed by atoms with E-state index < -0.39 is 0 Å². The Hall–Kier alpha value is -0.510. The van der Waals surface area contributed by atoms with Crippen LogP contribution in [0.1, 0.15) is 26.2 Å². The van der Waals surface area contributed by atoms with Gasteiger partial charge in [0.15, 0.2) is 0 Å². The minimum absolute atomic E-state index is 0.657. The zero-order valence-electron chi connectivity index (χ0n) is 5.08. The lowest BCUT2D eigenvalue weighted by Crippen LogP contribution is -1.70. The van der Waals surface area contributed by atoms with Gasteiger partial charge in [-0.2, -0.15) is 0 Å². The summed E-state index contributed by atoms with van der Waals surface area (Å²) in [5.41, 5.74) is 0. The average Bonchev–Trinajstić information content (AvgIpc) is 1.81. The largest absolute Gasteiger partial charge is 0.144 e. The molecule has 0 N–H and O–H groups in total. The zero-order chi connectivity index (χ0) is 6.24. The van der Waals surface area contributed by atoms with Crippen molar-refractivity contribution in [3.63, 3.8) is 0 Å². The summed E-state index contributed by atoms with van der Waals surface area (Å²) in [5.74, 6) is 2.34. The molecule has 0 aliphatic rings. The monoisotopic (exact) mass is 113 g/mol. The van der Waals surface area contributed by atoms with E-state index in [2.05, 4.69) is 19.3 Å². The van der Waals surface area contributed by atoms with Crippen molar-refractivity contribution in [2.45, 2.75) is 26.2 Å². The van der Waals surface area contributed by atoms with Crippen molar-refractivity contribution in [1.29, 1.82) is 0 Å². The molecule has 0 nitrogen and oxygen atoms in total. The summed E-state index contributed by atoms with van der Waals surface area (Å²) in [6, 6.07) is 0. The Bertz CT molecular complexity index is 86.3. The number of rotatable bonds is 3. The highest BCUT2D eigenvalue weighted by atomic mass is 19.1. The first-order valence-corrected chi connectivity index (χ1v) is 2.82. The third kappa shape index (κ3) is 5.49. The first-order chi connectivity index (χ1) is 3.91. The molecule has 0 atom stereocenters. The van der Waals surface area contributed by atoms with E-state index in [0.29, 0.717) is 6.42 Å². The van der Waals surface area contributed by atoms with Crippen LogP contribution in [0.15, 0.2) is 0 Å². The molecule has 0 bridgehead atoms. The van der Waals surface area contributed by atoms with Crippen molar-refractivity contribution in [1.82, 2.24) is 0 Å². The lowest BCUT2D eigenvalue weighted by atomic mass is 10.2. The van der Waals surface area contributed by atoms with Crippen LogP contribution < -0.4 is 0 Å². The summed E-state index contributed by atoms with van der Waals surface area (Å²) < 4.78 is 11.0. The molecule has 45 valence electrons. The molecule has 0 fully saturated rings. The van der Waals surface area contributed by atoms with Crippen LogP contribution in [0.4, 0.5) is 4.39 Å². The first-order valence-electron chi connectivity index (χ1n) is 2.82. The fraction of sp³-hybridized carbons (Fsp3) is 0.571. The second-order valence-electron chi connectivity index (χ2n) is 1.51. The summed E-state index contributed by atoms with van der Waals surface area (Å²) in [7, 11) is 0. The minimum atomic E-state index is 0.657. The van der Waals surface area contributed by atoms with E-state index in [-0.39, 0.29) is 0 Å². The molecule has 0 aromatic heterocycles. The van der Waals surface area contributed by atoms with Crippen LogP contribution in [0.5, 0.6) is 0 Å². The van der Waals surface area contributed by atoms with E-state index in [9.17, 15) is 4.39 Å². The standard InChI is InChI=1S/C7H10F/c1-2-3-4-5-6-7-8/h3H,2,4-5H2,1H3. The van der Waals surface area contributed by atoms with E-state index >= 15 is 0 Å². The topological polar surface area (TPSA) is 0 Å². The Kier molecular flexibility index (Phi) is 6.08. The van der Waals surface area contributed by atoms with Crippen molar-refractivity contribution in [2.24, 2.45) is 0 Å². The molecular weight excluding hydrogens is 103 g/mol. The highest BCUT2D eigenvalue weighted by Gasteiger charge is 1.79. The third-order valence-corrected chi connectivity index (χ3v) is 0.829. The average molecular weight is 113 g/mol. The molecule has 0 rings (SSSR count). The second kappa shape index (κ2) is 6.49. The van der Waals surface area contributed by atoms with Crippen LogP contribution in [0, 0.1) is 18.5 Å². The van der Waals surface area contributed by atoms with E-state index in [1.54, 1.807) is 0 Å². The van der Waals surface area contributed by atoms with E-state index in [1.165, 1.54) is 6.17 Å². The summed E-state index contributed by atoms with van der Waals surface area (Å²) >= 11 is 0. The van der Waals surface area contributed by atoms with Crippen molar-refractivity contribution >= 4 is 0 Å². The molecule has 0 spiro atoms. The fourth-order valence-corrected chi connectivity index (χ4v) is 0.426. The molecule has 0 aromatic rings. The quantitative estimate of drug-likeness (QED) is 0.389. The molecule has 0 aliphatic heterocycles. The molecule has 1 heteroatoms. The normalized spacial score (nSPS) is 7.75. The van der Waals surface area contributed by atoms with Gasteiger partial charge in [-0.15, -0.1) is 4.39 Å². The lowest BCUT2D eigenvalue weighted by molar-refractivity contribution is 0.769. The molecule has 8 heavy (non-hydrogen) atoms. The van der Waals surface area contributed by atoms with Crippen molar-refractivity contribution in [3.05, 3.63) is 6.42 Å². The molecule has 1 radical (unpaired) electrons. The maximum absolute atomic E-state index is 11.0. The van der Waals surface area contributed by atoms with Crippen molar-refractivity contribution < 1.29 is 4.39 Å². The van der Waals surface area contributed by atoms with Gasteiger partial charge in [0.2, 0.25) is 0 Å². The minimum Gasteiger partial charge on any atom is -0.144 e. The highest BCUT2D eigenvalue weighted by Crippen LogP contribution is 1.94. The van der Waals surface area contributed by atoms with Gasteiger partial charge in [0.05, 0.1) is 0 Å². The first kappa shape index (κ1) is 7.49. The molecule has 0 saturated heterocycles. The lowest BCUT2D eigenvalue weighted by Gasteiger charge is -1.85. The zero-order valence-corrected chi connectivity index (χ0v) is 5.08. The summed E-state index contributed by atoms with van der Waals surface area (Å²) in [5, 5.41) is 0. The predicted molar refractivity (Wildman–Crippen MR) is 32.7 cm³/mol. The van der Waals surface area contributed by atoms with Gasteiger partial charge in [-0.25, -0.2) is 0 Å². The van der Waals surface area contributed by atoms with E-state index in [4.69, 9.17) is 0 Å². The van der Waals surface area contributed by atoms with Gasteiger partial charge < -0.3 is 0 Å². The number of hydrogen-bond donors (Lipinski definition) is 0. The molecule has 0 aliphatic carbocycles. The van der Waals surface area contributed by atoms with Gasteiger partial charge in [-0.05, 0) is 12.8 Å². The Morgan fingerprint density at radius 3 is 2.88 bits per heavy atom. The number of hydrogen-bond acceptors (Lipinski definition) is 0. The Morgan fingerprint density at radius 1 is 1.62 bits per heavy atom. The van der Waals surface area contributed by atoms with Gasteiger partial charge in [0, 0.05) is 6.42 Å². The maximum atomic E-state index is 11.0. The van der Waals surface area contributed by atoms with E-state index in [0.717, 1.165) is 12.8 Å². The molecule has 0 heterocycles. The number of unbranched alkanes of at least 4 members (excludes halogenated alkanes) is 3. The number of halogens is 1. The maximum Gasteiger partial charge on any atom is 0.105 e. The molecule has 0 saturated carbocycles. The van der Waals surface area contributed by atoms with Gasteiger partial charge in [-0.3, -0.25) is 0 Å². The Labute approximate surface area is 50.1 Å². The summed E-state index contributed by atoms with van der Waals surface area (Å²) in [6.07, 6.45) is 6.06. The van der Waals surface area contributed by atoms with Gasteiger partial charge >= 0.3 is 0 Å². The summed E-state index contributed by atoms with van der Waals surface area (Å²) in [6.45, 7) is 2.06. The van der Waals surface area contributed by atoms with Crippen LogP contribution in [0.2, 0.25) is 0 Å². The van der Waals surface area contributed by atoms with Crippen LogP contribution in [-0.2, 0) is 0 Å². The smallest absolute Gasteiger partial charge is 0.105 e. The molecular formula is C7H10F. The van der Waals surface area contributed by atoms with Gasteiger partial charge in [-0.1, -0.05) is 19.3 Å². The van der Waals surface area contributed by atoms with Crippen molar-refractivity contribution in [3.8, 4) is 12.1 Å². The van der Waals surface area contributed by atoms with Crippen LogP contribution in [0.25, 0.3) is 0 Å². The van der Waals surface area contributed by atoms with Crippen LogP contribution in [0.3, 0.4) is 0 Å².